The summed E-state index contributed by atoms with van der Waals surface area (Å²) >= 11 is 0. The van der Waals surface area contributed by atoms with Crippen molar-refractivity contribution in [1.82, 2.24) is 0 Å². The molecule has 0 saturated carbocycles. The van der Waals surface area contributed by atoms with Gasteiger partial charge in [-0.05, 0) is 12.3 Å². The molecule has 0 bridgehead atoms. The van der Waals surface area contributed by atoms with Gasteiger partial charge in [-0.25, -0.2) is 0 Å². The third-order valence-corrected chi connectivity index (χ3v) is 1.78. The fourth-order valence-electron chi connectivity index (χ4n) is 0.820. The molecular formula is C7H16N4O2. The van der Waals surface area contributed by atoms with Gasteiger partial charge in [0.15, 0.2) is 5.96 Å². The van der Waals surface area contributed by atoms with Gasteiger partial charge in [-0.2, -0.15) is 0 Å². The van der Waals surface area contributed by atoms with E-state index in [1.54, 1.807) is 6.92 Å². The minimum Gasteiger partial charge on any atom is -0.480 e. The minimum atomic E-state index is -1.00. The third-order valence-electron chi connectivity index (χ3n) is 1.78. The van der Waals surface area contributed by atoms with Gasteiger partial charge in [0.25, 0.3) is 0 Å². The van der Waals surface area contributed by atoms with Gasteiger partial charge in [0.05, 0.1) is 0 Å². The smallest absolute Gasteiger partial charge is 0.320 e. The molecule has 0 spiro atoms. The molecule has 0 amide bonds. The molecule has 2 atom stereocenters. The van der Waals surface area contributed by atoms with Gasteiger partial charge in [0.2, 0.25) is 0 Å². The van der Waals surface area contributed by atoms with E-state index in [1.807, 2.05) is 0 Å². The Hall–Kier alpha value is -1.30. The average Bonchev–Trinajstić information content (AvgIpc) is 2.02. The molecule has 0 aromatic carbocycles. The van der Waals surface area contributed by atoms with Gasteiger partial charge in [0, 0.05) is 6.54 Å². The highest BCUT2D eigenvalue weighted by molar-refractivity contribution is 5.75. The van der Waals surface area contributed by atoms with Crippen molar-refractivity contribution in [3.05, 3.63) is 0 Å². The topological polar surface area (TPSA) is 128 Å². The molecule has 0 saturated heterocycles. The predicted octanol–water partition coefficient (Wildman–Crippen LogP) is -1.30. The number of rotatable bonds is 5. The molecule has 6 heteroatoms. The van der Waals surface area contributed by atoms with Crippen molar-refractivity contribution in [3.63, 3.8) is 0 Å². The number of carboxylic acid groups (broad SMARTS) is 1. The number of carboxylic acids is 1. The van der Waals surface area contributed by atoms with E-state index in [2.05, 4.69) is 4.99 Å². The maximum atomic E-state index is 10.4. The second-order valence-corrected chi connectivity index (χ2v) is 2.94. The monoisotopic (exact) mass is 188 g/mol. The Kier molecular flexibility index (Phi) is 4.83. The van der Waals surface area contributed by atoms with Crippen LogP contribution in [0.2, 0.25) is 0 Å². The van der Waals surface area contributed by atoms with Crippen LogP contribution in [0.25, 0.3) is 0 Å². The molecule has 0 aliphatic carbocycles. The first-order valence-electron chi connectivity index (χ1n) is 3.99. The first-order chi connectivity index (χ1) is 5.95. The standard InChI is InChI=1S/C7H16N4O2/c1-4(5(8)6(12)13)2-3-11-7(9)10/h4-5H,2-3,8H2,1H3,(H,12,13)(H4,9,10,11)/t4?,5-/m0/s1. The zero-order valence-corrected chi connectivity index (χ0v) is 7.60. The molecule has 76 valence electrons. The van der Waals surface area contributed by atoms with Crippen LogP contribution in [0.3, 0.4) is 0 Å². The molecule has 0 heterocycles. The van der Waals surface area contributed by atoms with Crippen molar-refractivity contribution in [1.29, 1.82) is 0 Å². The number of guanidine groups is 1. The fourth-order valence-corrected chi connectivity index (χ4v) is 0.820. The van der Waals surface area contributed by atoms with Gasteiger partial charge in [-0.1, -0.05) is 6.92 Å². The first-order valence-corrected chi connectivity index (χ1v) is 3.99. The van der Waals surface area contributed by atoms with E-state index in [4.69, 9.17) is 22.3 Å². The molecule has 0 aromatic heterocycles. The van der Waals surface area contributed by atoms with E-state index in [0.717, 1.165) is 0 Å². The summed E-state index contributed by atoms with van der Waals surface area (Å²) in [5.41, 5.74) is 15.6. The Morgan fingerprint density at radius 2 is 2.08 bits per heavy atom. The van der Waals surface area contributed by atoms with Crippen molar-refractivity contribution in [2.75, 3.05) is 6.54 Å². The van der Waals surface area contributed by atoms with Crippen LogP contribution in [0.4, 0.5) is 0 Å². The molecule has 0 fully saturated rings. The lowest BCUT2D eigenvalue weighted by Crippen LogP contribution is -2.37. The van der Waals surface area contributed by atoms with Crippen LogP contribution < -0.4 is 17.2 Å². The minimum absolute atomic E-state index is 0.0103. The number of nitrogens with zero attached hydrogens (tertiary/aromatic N) is 1. The number of hydrogen-bond donors (Lipinski definition) is 4. The van der Waals surface area contributed by atoms with Gasteiger partial charge < -0.3 is 22.3 Å². The maximum Gasteiger partial charge on any atom is 0.320 e. The summed E-state index contributed by atoms with van der Waals surface area (Å²) in [5.74, 6) is -1.13. The van der Waals surface area contributed by atoms with Gasteiger partial charge >= 0.3 is 5.97 Å². The largest absolute Gasteiger partial charge is 0.480 e. The van der Waals surface area contributed by atoms with Crippen LogP contribution in [0.5, 0.6) is 0 Å². The second-order valence-electron chi connectivity index (χ2n) is 2.94. The summed E-state index contributed by atoms with van der Waals surface area (Å²) in [6, 6.07) is -0.853. The van der Waals surface area contributed by atoms with Crippen molar-refractivity contribution in [2.45, 2.75) is 19.4 Å². The van der Waals surface area contributed by atoms with Gasteiger partial charge in [0.1, 0.15) is 6.04 Å². The third kappa shape index (κ3) is 5.02. The van der Waals surface area contributed by atoms with E-state index < -0.39 is 12.0 Å². The molecule has 1 unspecified atom stereocenters. The highest BCUT2D eigenvalue weighted by Gasteiger charge is 2.18. The lowest BCUT2D eigenvalue weighted by molar-refractivity contribution is -0.139. The molecule has 7 N–H and O–H groups in total. The second kappa shape index (κ2) is 5.36. The Labute approximate surface area is 76.8 Å². The Morgan fingerprint density at radius 3 is 2.46 bits per heavy atom. The van der Waals surface area contributed by atoms with Crippen LogP contribution in [-0.2, 0) is 4.79 Å². The summed E-state index contributed by atoms with van der Waals surface area (Å²) in [6.45, 7) is 2.16. The SMILES string of the molecule is CC(CCN=C(N)N)[C@H](N)C(=O)O. The lowest BCUT2D eigenvalue weighted by Gasteiger charge is -2.13. The van der Waals surface area contributed by atoms with Crippen LogP contribution in [0, 0.1) is 5.92 Å². The predicted molar refractivity (Wildman–Crippen MR) is 50.1 cm³/mol. The zero-order valence-electron chi connectivity index (χ0n) is 7.60. The highest BCUT2D eigenvalue weighted by Crippen LogP contribution is 2.06. The lowest BCUT2D eigenvalue weighted by atomic mass is 9.99. The van der Waals surface area contributed by atoms with Gasteiger partial charge in [-0.3, -0.25) is 9.79 Å². The van der Waals surface area contributed by atoms with Crippen molar-refractivity contribution < 1.29 is 9.90 Å². The number of carbonyl (C=O) groups is 1. The molecule has 0 aliphatic rings. The quantitative estimate of drug-likeness (QED) is 0.315. The molecule has 0 aliphatic heterocycles. The first kappa shape index (κ1) is 11.7. The summed E-state index contributed by atoms with van der Waals surface area (Å²) in [6.07, 6.45) is 0.561. The highest BCUT2D eigenvalue weighted by atomic mass is 16.4. The average molecular weight is 188 g/mol. The molecule has 0 radical (unpaired) electrons. The summed E-state index contributed by atoms with van der Waals surface area (Å²) < 4.78 is 0. The van der Waals surface area contributed by atoms with E-state index in [0.29, 0.717) is 13.0 Å². The normalized spacial score (nSPS) is 14.6. The fraction of sp³-hybridized carbons (Fsp3) is 0.714. The molecule has 6 nitrogen and oxygen atoms in total. The molecule has 0 aromatic rings. The van der Waals surface area contributed by atoms with Crippen molar-refractivity contribution >= 4 is 11.9 Å². The number of nitrogens with two attached hydrogens (primary N) is 3. The maximum absolute atomic E-state index is 10.4. The Bertz CT molecular complexity index is 201. The number of aliphatic carboxylic acids is 1. The van der Waals surface area contributed by atoms with E-state index in [9.17, 15) is 4.79 Å². The summed E-state index contributed by atoms with van der Waals surface area (Å²) in [7, 11) is 0. The van der Waals surface area contributed by atoms with Gasteiger partial charge in [-0.15, -0.1) is 0 Å². The van der Waals surface area contributed by atoms with Crippen LogP contribution in [0.1, 0.15) is 13.3 Å². The Balaban J connectivity index is 3.81. The molecule has 0 rings (SSSR count). The van der Waals surface area contributed by atoms with Crippen molar-refractivity contribution in [3.8, 4) is 0 Å². The van der Waals surface area contributed by atoms with Crippen LogP contribution >= 0.6 is 0 Å². The van der Waals surface area contributed by atoms with Crippen molar-refractivity contribution in [2.24, 2.45) is 28.1 Å². The van der Waals surface area contributed by atoms with E-state index in [1.165, 1.54) is 0 Å². The summed E-state index contributed by atoms with van der Waals surface area (Å²) in [4.78, 5) is 14.2. The number of aliphatic imine (C=N–C) groups is 1. The van der Waals surface area contributed by atoms with E-state index >= 15 is 0 Å². The summed E-state index contributed by atoms with van der Waals surface area (Å²) in [5, 5.41) is 8.55. The van der Waals surface area contributed by atoms with E-state index in [-0.39, 0.29) is 11.9 Å². The van der Waals surface area contributed by atoms with Crippen LogP contribution in [-0.4, -0.2) is 29.6 Å². The zero-order chi connectivity index (χ0) is 10.4. The number of hydrogen-bond acceptors (Lipinski definition) is 3. The molecular weight excluding hydrogens is 172 g/mol. The Morgan fingerprint density at radius 1 is 1.54 bits per heavy atom. The molecule has 13 heavy (non-hydrogen) atoms. The van der Waals surface area contributed by atoms with Crippen LogP contribution in [0.15, 0.2) is 4.99 Å².